The molecule has 3 N–H and O–H groups in total. The van der Waals surface area contributed by atoms with Crippen LogP contribution in [0.5, 0.6) is 11.8 Å². The molecule has 2 aromatic rings. The second-order valence-corrected chi connectivity index (χ2v) is 4.44. The van der Waals surface area contributed by atoms with Gasteiger partial charge in [-0.05, 0) is 18.2 Å². The highest BCUT2D eigenvalue weighted by Gasteiger charge is 2.12. The number of nitrogens with zero attached hydrogens (tertiary/aromatic N) is 2. The maximum atomic E-state index is 12.1. The summed E-state index contributed by atoms with van der Waals surface area (Å²) in [5.74, 6) is 0.139. The molecule has 0 aliphatic heterocycles. The van der Waals surface area contributed by atoms with E-state index in [1.807, 2.05) is 0 Å². The molecule has 7 nitrogen and oxygen atoms in total. The first-order valence-corrected chi connectivity index (χ1v) is 6.24. The second kappa shape index (κ2) is 6.27. The van der Waals surface area contributed by atoms with Gasteiger partial charge in [-0.3, -0.25) is 10.1 Å². The maximum absolute atomic E-state index is 12.1. The fourth-order valence-corrected chi connectivity index (χ4v) is 1.83. The van der Waals surface area contributed by atoms with Crippen molar-refractivity contribution in [2.75, 3.05) is 25.3 Å². The Morgan fingerprint density at radius 1 is 1.14 bits per heavy atom. The molecule has 0 radical (unpaired) electrons. The van der Waals surface area contributed by atoms with Crippen molar-refractivity contribution < 1.29 is 14.3 Å². The molecule has 1 aromatic heterocycles. The number of anilines is 2. The van der Waals surface area contributed by atoms with Crippen molar-refractivity contribution in [3.8, 4) is 11.8 Å². The summed E-state index contributed by atoms with van der Waals surface area (Å²) < 4.78 is 10.00. The fourth-order valence-electron chi connectivity index (χ4n) is 1.59. The summed E-state index contributed by atoms with van der Waals surface area (Å²) in [5, 5.41) is 2.89. The molecule has 0 atom stereocenters. The number of benzene rings is 1. The number of hydrogen-bond acceptors (Lipinski definition) is 6. The summed E-state index contributed by atoms with van der Waals surface area (Å²) in [4.78, 5) is 20.1. The summed E-state index contributed by atoms with van der Waals surface area (Å²) >= 11 is 5.86. The minimum Gasteiger partial charge on any atom is -0.481 e. The van der Waals surface area contributed by atoms with Crippen LogP contribution in [0, 0.1) is 0 Å². The second-order valence-electron chi connectivity index (χ2n) is 4.00. The van der Waals surface area contributed by atoms with Gasteiger partial charge in [0.1, 0.15) is 0 Å². The number of halogens is 1. The molecule has 0 bridgehead atoms. The molecule has 0 fully saturated rings. The number of carbonyl (C=O) groups is 1. The van der Waals surface area contributed by atoms with E-state index in [0.29, 0.717) is 16.3 Å². The van der Waals surface area contributed by atoms with Crippen LogP contribution in [0.3, 0.4) is 0 Å². The Hall–Kier alpha value is -2.54. The van der Waals surface area contributed by atoms with E-state index in [-0.39, 0.29) is 17.7 Å². The summed E-state index contributed by atoms with van der Waals surface area (Å²) in [6.07, 6.45) is 0. The normalized spacial score (nSPS) is 10.0. The monoisotopic (exact) mass is 308 g/mol. The number of nitrogens with two attached hydrogens (primary N) is 1. The van der Waals surface area contributed by atoms with E-state index in [4.69, 9.17) is 26.8 Å². The predicted octanol–water partition coefficient (Wildman–Crippen LogP) is 1.98. The number of carbonyl (C=O) groups excluding carboxylic acids is 1. The van der Waals surface area contributed by atoms with Crippen LogP contribution in [0.15, 0.2) is 24.3 Å². The maximum Gasteiger partial charge on any atom is 0.258 e. The third-order valence-electron chi connectivity index (χ3n) is 2.51. The Labute approximate surface area is 126 Å². The van der Waals surface area contributed by atoms with Gasteiger partial charge in [0.15, 0.2) is 0 Å². The summed E-state index contributed by atoms with van der Waals surface area (Å²) in [5.41, 5.74) is 6.33. The van der Waals surface area contributed by atoms with Crippen LogP contribution in [0.2, 0.25) is 5.02 Å². The molecular formula is C13H13ClN4O3. The number of amides is 1. The Bertz CT molecular complexity index is 636. The van der Waals surface area contributed by atoms with Gasteiger partial charge in [-0.15, -0.1) is 0 Å². The summed E-state index contributed by atoms with van der Waals surface area (Å²) in [6, 6.07) is 6.03. The molecule has 1 aromatic carbocycles. The number of hydrogen-bond donors (Lipinski definition) is 2. The molecular weight excluding hydrogens is 296 g/mol. The van der Waals surface area contributed by atoms with Crippen molar-refractivity contribution in [1.29, 1.82) is 0 Å². The zero-order valence-corrected chi connectivity index (χ0v) is 12.1. The van der Waals surface area contributed by atoms with Crippen molar-refractivity contribution >= 4 is 29.1 Å². The summed E-state index contributed by atoms with van der Waals surface area (Å²) in [7, 11) is 2.90. The number of nitrogens with one attached hydrogen (secondary N) is 1. The lowest BCUT2D eigenvalue weighted by atomic mass is 10.2. The third-order valence-corrected chi connectivity index (χ3v) is 2.72. The quantitative estimate of drug-likeness (QED) is 0.838. The van der Waals surface area contributed by atoms with E-state index in [2.05, 4.69) is 15.3 Å². The summed E-state index contributed by atoms with van der Waals surface area (Å²) in [6.45, 7) is 0. The van der Waals surface area contributed by atoms with Gasteiger partial charge >= 0.3 is 0 Å². The van der Waals surface area contributed by atoms with Gasteiger partial charge in [-0.2, -0.15) is 9.97 Å². The van der Waals surface area contributed by atoms with Crippen molar-refractivity contribution in [2.45, 2.75) is 0 Å². The average molecular weight is 309 g/mol. The highest BCUT2D eigenvalue weighted by molar-refractivity contribution is 6.31. The Balaban J connectivity index is 2.26. The Kier molecular flexibility index (Phi) is 4.44. The van der Waals surface area contributed by atoms with Gasteiger partial charge < -0.3 is 15.2 Å². The SMILES string of the molecule is COc1cc(OC)nc(NC(=O)c2cc(N)cc(Cl)c2)n1. The average Bonchev–Trinajstić information content (AvgIpc) is 2.45. The largest absolute Gasteiger partial charge is 0.481 e. The lowest BCUT2D eigenvalue weighted by Crippen LogP contribution is -2.15. The molecule has 1 amide bonds. The van der Waals surface area contributed by atoms with Crippen LogP contribution >= 0.6 is 11.6 Å². The van der Waals surface area contributed by atoms with Crippen molar-refractivity contribution in [2.24, 2.45) is 0 Å². The first-order chi connectivity index (χ1) is 10.0. The van der Waals surface area contributed by atoms with E-state index in [9.17, 15) is 4.79 Å². The molecule has 0 saturated carbocycles. The first-order valence-electron chi connectivity index (χ1n) is 5.86. The molecule has 21 heavy (non-hydrogen) atoms. The Morgan fingerprint density at radius 2 is 1.76 bits per heavy atom. The molecule has 0 aliphatic carbocycles. The molecule has 1 heterocycles. The zero-order chi connectivity index (χ0) is 15.4. The van der Waals surface area contributed by atoms with Crippen LogP contribution in [0.1, 0.15) is 10.4 Å². The van der Waals surface area contributed by atoms with E-state index >= 15 is 0 Å². The van der Waals surface area contributed by atoms with Crippen LogP contribution in [0.25, 0.3) is 0 Å². The molecule has 0 saturated heterocycles. The molecule has 0 spiro atoms. The lowest BCUT2D eigenvalue weighted by molar-refractivity contribution is 0.102. The van der Waals surface area contributed by atoms with E-state index < -0.39 is 5.91 Å². The number of rotatable bonds is 4. The number of nitrogen functional groups attached to an aromatic ring is 1. The van der Waals surface area contributed by atoms with Gasteiger partial charge in [0.05, 0.1) is 20.3 Å². The standard InChI is InChI=1S/C13H13ClN4O3/c1-20-10-6-11(21-2)17-13(16-10)18-12(19)7-3-8(14)5-9(15)4-7/h3-6H,15H2,1-2H3,(H,16,17,18,19). The number of ether oxygens (including phenoxy) is 2. The molecule has 2 rings (SSSR count). The minimum absolute atomic E-state index is 0.0507. The lowest BCUT2D eigenvalue weighted by Gasteiger charge is -2.08. The topological polar surface area (TPSA) is 99.4 Å². The highest BCUT2D eigenvalue weighted by atomic mass is 35.5. The van der Waals surface area contributed by atoms with Crippen LogP contribution < -0.4 is 20.5 Å². The smallest absolute Gasteiger partial charge is 0.258 e. The van der Waals surface area contributed by atoms with Gasteiger partial charge in [0.25, 0.3) is 5.91 Å². The molecule has 8 heteroatoms. The van der Waals surface area contributed by atoms with E-state index in [1.54, 1.807) is 6.07 Å². The molecule has 0 unspecified atom stereocenters. The van der Waals surface area contributed by atoms with E-state index in [1.165, 1.54) is 32.4 Å². The van der Waals surface area contributed by atoms with Crippen molar-refractivity contribution in [3.63, 3.8) is 0 Å². The van der Waals surface area contributed by atoms with Gasteiger partial charge in [-0.25, -0.2) is 0 Å². The third kappa shape index (κ3) is 3.73. The van der Waals surface area contributed by atoms with E-state index in [0.717, 1.165) is 0 Å². The van der Waals surface area contributed by atoms with Gasteiger partial charge in [0.2, 0.25) is 17.7 Å². The molecule has 0 aliphatic rings. The Morgan fingerprint density at radius 3 is 2.29 bits per heavy atom. The van der Waals surface area contributed by atoms with Crippen molar-refractivity contribution in [3.05, 3.63) is 34.9 Å². The van der Waals surface area contributed by atoms with Crippen LogP contribution in [-0.4, -0.2) is 30.1 Å². The highest BCUT2D eigenvalue weighted by Crippen LogP contribution is 2.20. The number of aromatic nitrogens is 2. The van der Waals surface area contributed by atoms with Crippen LogP contribution in [0.4, 0.5) is 11.6 Å². The van der Waals surface area contributed by atoms with Gasteiger partial charge in [-0.1, -0.05) is 11.6 Å². The van der Waals surface area contributed by atoms with Crippen LogP contribution in [-0.2, 0) is 0 Å². The minimum atomic E-state index is -0.445. The molecule has 110 valence electrons. The van der Waals surface area contributed by atoms with Crippen molar-refractivity contribution in [1.82, 2.24) is 9.97 Å². The first kappa shape index (κ1) is 14.9. The fraction of sp³-hybridized carbons (Fsp3) is 0.154. The predicted molar refractivity (Wildman–Crippen MR) is 79.0 cm³/mol. The zero-order valence-electron chi connectivity index (χ0n) is 11.4. The number of methoxy groups -OCH3 is 2. The van der Waals surface area contributed by atoms with Gasteiger partial charge in [0, 0.05) is 16.3 Å².